The maximum atomic E-state index is 14.0. The predicted molar refractivity (Wildman–Crippen MR) is 253 cm³/mol. The van der Waals surface area contributed by atoms with Gasteiger partial charge in [-0.25, -0.2) is 4.39 Å². The Kier molecular flexibility index (Phi) is 23.6. The van der Waals surface area contributed by atoms with Gasteiger partial charge in [0.25, 0.3) is 5.91 Å². The van der Waals surface area contributed by atoms with Crippen LogP contribution < -0.4 is 38.1 Å². The second-order valence-electron chi connectivity index (χ2n) is 16.5. The van der Waals surface area contributed by atoms with E-state index in [1.165, 1.54) is 68.6 Å². The van der Waals surface area contributed by atoms with E-state index in [2.05, 4.69) is 36.7 Å². The minimum atomic E-state index is -1.87. The number of nitrogens with zero attached hydrogens (tertiary/aromatic N) is 2. The summed E-state index contributed by atoms with van der Waals surface area (Å²) in [5, 5.41) is 88.5. The second-order valence-corrected chi connectivity index (χ2v) is 17.7. The fourth-order valence-electron chi connectivity index (χ4n) is 6.91. The first-order valence-electron chi connectivity index (χ1n) is 22.5. The summed E-state index contributed by atoms with van der Waals surface area (Å²) in [6.07, 6.45) is -14.1. The monoisotopic (exact) mass is 1040 g/mol. The van der Waals surface area contributed by atoms with Crippen molar-refractivity contribution in [1.29, 1.82) is 0 Å². The molecular formula is C44H62FN9O17S. The van der Waals surface area contributed by atoms with Gasteiger partial charge in [-0.1, -0.05) is 17.3 Å². The summed E-state index contributed by atoms with van der Waals surface area (Å²) in [6.45, 7) is 0.00289. The van der Waals surface area contributed by atoms with Crippen molar-refractivity contribution in [3.8, 4) is 0 Å². The van der Waals surface area contributed by atoms with Crippen LogP contribution in [0.25, 0.3) is 0 Å². The van der Waals surface area contributed by atoms with Crippen molar-refractivity contribution in [3.05, 3.63) is 65.5 Å². The van der Waals surface area contributed by atoms with E-state index in [1.54, 1.807) is 0 Å². The van der Waals surface area contributed by atoms with Gasteiger partial charge in [0, 0.05) is 36.5 Å². The van der Waals surface area contributed by atoms with Crippen molar-refractivity contribution in [2.24, 2.45) is 21.6 Å². The number of guanidine groups is 1. The number of aliphatic hydroxyl groups is 7. The molecule has 4 rings (SSSR count). The van der Waals surface area contributed by atoms with E-state index in [4.69, 9.17) is 30.5 Å². The van der Waals surface area contributed by atoms with Crippen molar-refractivity contribution in [1.82, 2.24) is 21.3 Å². The van der Waals surface area contributed by atoms with Crippen LogP contribution in [0.2, 0.25) is 0 Å². The number of ketones is 1. The molecule has 5 amide bonds. The van der Waals surface area contributed by atoms with Gasteiger partial charge in [-0.3, -0.25) is 33.8 Å². The standard InChI is InChI=1S/C44H62FN9O17S/c1-21(39(65)52-26-11-7-24(8-12-26)22(2)57)51-40(66)27(4-3-14-48-44(46)47)54-41(67)28(17-49-32(59)20-68-50-16-23-5-9-25(45)10-6-23)53-31(58)13-15-72-43-37(64)35(62)38(30(19-56)70-43)71-42-36(63)34(61)33(60)29(18-55)69-42/h5-12,16,21,27-30,33-38,42-43,55-56,60-64H,3-4,13-15,17-20H2,1-2H3,(H,49,59)(H,51,66)(H,52,65)(H,53,58)(H,54,67)(H4,46,47,48)/b50-16-/t21-,27-,28-,29?,30?,33-,34?,35?,36?,37?,38-,42+,43-/m1/s1. The molecule has 2 fully saturated rings. The van der Waals surface area contributed by atoms with E-state index in [-0.39, 0.29) is 43.3 Å². The summed E-state index contributed by atoms with van der Waals surface area (Å²) in [7, 11) is 0. The molecule has 2 aromatic rings. The zero-order valence-electron chi connectivity index (χ0n) is 39.1. The largest absolute Gasteiger partial charge is 0.394 e. The number of hydrogen-bond acceptors (Lipinski definition) is 20. The fourth-order valence-corrected chi connectivity index (χ4v) is 8.02. The number of aliphatic hydroxyl groups excluding tert-OH is 7. The van der Waals surface area contributed by atoms with Crippen molar-refractivity contribution in [2.45, 2.75) is 112 Å². The molecule has 2 aromatic carbocycles. The molecular weight excluding hydrogens is 978 g/mol. The highest BCUT2D eigenvalue weighted by Crippen LogP contribution is 2.33. The Morgan fingerprint density at radius 2 is 1.47 bits per heavy atom. The Labute approximate surface area is 416 Å². The van der Waals surface area contributed by atoms with Crippen molar-refractivity contribution < 1.29 is 88.0 Å². The average molecular weight is 1040 g/mol. The number of benzene rings is 2. The highest BCUT2D eigenvalue weighted by molar-refractivity contribution is 7.99. The number of Topliss-reactive ketones (excluding diaryl/α,β-unsaturated/α-hetero) is 1. The van der Waals surface area contributed by atoms with Crippen molar-refractivity contribution in [3.63, 3.8) is 0 Å². The van der Waals surface area contributed by atoms with Gasteiger partial charge in [-0.15, -0.1) is 11.8 Å². The van der Waals surface area contributed by atoms with Crippen LogP contribution in [0.4, 0.5) is 10.1 Å². The Hall–Kier alpha value is -5.92. The number of hydrogen-bond donors (Lipinski definition) is 14. The van der Waals surface area contributed by atoms with Gasteiger partial charge in [-0.05, 0) is 68.7 Å². The molecule has 2 saturated heterocycles. The summed E-state index contributed by atoms with van der Waals surface area (Å²) in [5.74, 6) is -5.07. The van der Waals surface area contributed by atoms with E-state index in [1.807, 2.05) is 0 Å². The third kappa shape index (κ3) is 18.0. The van der Waals surface area contributed by atoms with Crippen LogP contribution in [0.15, 0.2) is 58.7 Å². The van der Waals surface area contributed by atoms with Gasteiger partial charge in [0.05, 0.1) is 19.4 Å². The molecule has 0 aromatic heterocycles. The SMILES string of the molecule is CC(=O)c1ccc(NC(=O)[C@@H](C)NC(=O)[C@@H](CCCN=C(N)N)NC(=O)[C@@H](CNC(=O)CO/N=C\c2ccc(F)cc2)NC(=O)CCS[C@H]2OC(CO)[C@@H](O[C@@H]3OC(CO)[C@@H](O)C(O)C3O)C(O)C2O)cc1. The number of carbonyl (C=O) groups excluding carboxylic acids is 6. The van der Waals surface area contributed by atoms with E-state index in [0.717, 1.165) is 11.8 Å². The summed E-state index contributed by atoms with van der Waals surface area (Å²) >= 11 is 0.819. The van der Waals surface area contributed by atoms with Crippen LogP contribution >= 0.6 is 11.8 Å². The first-order valence-corrected chi connectivity index (χ1v) is 23.5. The Morgan fingerprint density at radius 3 is 2.11 bits per heavy atom. The number of nitrogens with one attached hydrogen (secondary N) is 5. The molecule has 0 aliphatic carbocycles. The Bertz CT molecular complexity index is 2170. The summed E-state index contributed by atoms with van der Waals surface area (Å²) < 4.78 is 29.9. The quantitative estimate of drug-likeness (QED) is 0.0139. The van der Waals surface area contributed by atoms with Crippen LogP contribution in [0.1, 0.15) is 49.0 Å². The lowest BCUT2D eigenvalue weighted by atomic mass is 9.97. The highest BCUT2D eigenvalue weighted by Gasteiger charge is 2.50. The zero-order valence-corrected chi connectivity index (χ0v) is 39.9. The molecule has 6 unspecified atom stereocenters. The van der Waals surface area contributed by atoms with Crippen LogP contribution in [0.3, 0.4) is 0 Å². The lowest BCUT2D eigenvalue weighted by Crippen LogP contribution is -2.64. The maximum absolute atomic E-state index is 14.0. The number of thioether (sulfide) groups is 1. The normalized spacial score (nSPS) is 25.2. The zero-order chi connectivity index (χ0) is 53.1. The third-order valence-electron chi connectivity index (χ3n) is 11.0. The second kappa shape index (κ2) is 28.9. The molecule has 2 aliphatic heterocycles. The predicted octanol–water partition coefficient (Wildman–Crippen LogP) is -4.59. The molecule has 0 spiro atoms. The lowest BCUT2D eigenvalue weighted by Gasteiger charge is -2.46. The molecule has 26 nitrogen and oxygen atoms in total. The van der Waals surface area contributed by atoms with Crippen molar-refractivity contribution >= 4 is 64.9 Å². The van der Waals surface area contributed by atoms with Gasteiger partial charge >= 0.3 is 0 Å². The topological polar surface area (TPSA) is 418 Å². The molecule has 2 aliphatic rings. The molecule has 28 heteroatoms. The summed E-state index contributed by atoms with van der Waals surface area (Å²) in [4.78, 5) is 87.5. The van der Waals surface area contributed by atoms with Crippen LogP contribution in [0.5, 0.6) is 0 Å². The van der Waals surface area contributed by atoms with Gasteiger partial charge in [-0.2, -0.15) is 0 Å². The molecule has 16 N–H and O–H groups in total. The molecule has 0 radical (unpaired) electrons. The summed E-state index contributed by atoms with van der Waals surface area (Å²) in [5.41, 5.74) is 10.8. The number of rotatable bonds is 26. The number of nitrogens with two attached hydrogens (primary N) is 2. The van der Waals surface area contributed by atoms with Crippen LogP contribution in [0, 0.1) is 5.82 Å². The first-order chi connectivity index (χ1) is 34.2. The number of halogens is 1. The van der Waals surface area contributed by atoms with E-state index >= 15 is 0 Å². The smallest absolute Gasteiger partial charge is 0.260 e. The van der Waals surface area contributed by atoms with Crippen LogP contribution in [-0.4, -0.2) is 201 Å². The highest BCUT2D eigenvalue weighted by atomic mass is 32.2. The Morgan fingerprint density at radius 1 is 0.806 bits per heavy atom. The number of aliphatic imine (C=N–C) groups is 1. The van der Waals surface area contributed by atoms with Crippen molar-refractivity contribution in [2.75, 3.05) is 44.0 Å². The van der Waals surface area contributed by atoms with Gasteiger partial charge in [0.15, 0.2) is 24.6 Å². The number of amides is 5. The maximum Gasteiger partial charge on any atom is 0.260 e. The number of ether oxygens (including phenoxy) is 3. The molecule has 2 heterocycles. The van der Waals surface area contributed by atoms with Crippen LogP contribution in [-0.2, 0) is 43.0 Å². The minimum Gasteiger partial charge on any atom is -0.394 e. The number of carbonyl (C=O) groups is 6. The lowest BCUT2D eigenvalue weighted by molar-refractivity contribution is -0.338. The minimum absolute atomic E-state index is 0.0349. The molecule has 72 heavy (non-hydrogen) atoms. The molecule has 398 valence electrons. The van der Waals surface area contributed by atoms with E-state index < -0.39 is 140 Å². The van der Waals surface area contributed by atoms with Gasteiger partial charge in [0.1, 0.15) is 78.2 Å². The van der Waals surface area contributed by atoms with Gasteiger partial charge in [0.2, 0.25) is 23.6 Å². The molecule has 13 atom stereocenters. The average Bonchev–Trinajstić information content (AvgIpc) is 3.35. The fraction of sp³-hybridized carbons (Fsp3) is 0.545. The molecule has 0 bridgehead atoms. The number of oxime groups is 1. The van der Waals surface area contributed by atoms with E-state index in [0.29, 0.717) is 16.8 Å². The molecule has 0 saturated carbocycles. The number of anilines is 1. The summed E-state index contributed by atoms with van der Waals surface area (Å²) in [6, 6.07) is 7.13. The van der Waals surface area contributed by atoms with Gasteiger partial charge < -0.3 is 92.8 Å². The third-order valence-corrected chi connectivity index (χ3v) is 12.1. The van der Waals surface area contributed by atoms with E-state index in [9.17, 15) is 68.9 Å². The first kappa shape index (κ1) is 58.6. The Balaban J connectivity index is 1.43.